The fourth-order valence-electron chi connectivity index (χ4n) is 3.11. The first-order chi connectivity index (χ1) is 13.0. The summed E-state index contributed by atoms with van der Waals surface area (Å²) in [5.41, 5.74) is -0.472. The number of piperazine rings is 1. The van der Waals surface area contributed by atoms with Crippen LogP contribution in [0.5, 0.6) is 0 Å². The highest BCUT2D eigenvalue weighted by Crippen LogP contribution is 2.36. The molecule has 152 valence electrons. The fraction of sp³-hybridized carbons (Fsp3) is 0.500. The average Bonchev–Trinajstić information content (AvgIpc) is 2.58. The van der Waals surface area contributed by atoms with Crippen molar-refractivity contribution in [2.75, 3.05) is 24.5 Å². The molecule has 1 aromatic carbocycles. The minimum absolute atomic E-state index is 0.0575. The molecule has 0 spiro atoms. The number of aromatic nitrogens is 2. The smallest absolute Gasteiger partial charge is 0.410 e. The molecule has 0 saturated carbocycles. The van der Waals surface area contributed by atoms with Crippen LogP contribution < -0.4 is 4.90 Å². The predicted octanol–water partition coefficient (Wildman–Crippen LogP) is 5.28. The SMILES string of the molecule is C[C@H]1CN(c2nc(Cl)nc3c(F)c(Br)c(Cl)cc23)CCN1C(=O)OC(C)(C)C. The summed E-state index contributed by atoms with van der Waals surface area (Å²) in [7, 11) is 0. The Hall–Kier alpha value is -1.38. The molecule has 1 aromatic heterocycles. The number of carbonyl (C=O) groups excluding carboxylic acids is 1. The van der Waals surface area contributed by atoms with Crippen molar-refractivity contribution in [1.29, 1.82) is 0 Å². The monoisotopic (exact) mass is 492 g/mol. The molecule has 1 atom stereocenters. The highest BCUT2D eigenvalue weighted by atomic mass is 79.9. The van der Waals surface area contributed by atoms with Gasteiger partial charge in [-0.3, -0.25) is 0 Å². The Balaban J connectivity index is 1.92. The van der Waals surface area contributed by atoms with Gasteiger partial charge >= 0.3 is 6.09 Å². The molecule has 1 fully saturated rings. The predicted molar refractivity (Wildman–Crippen MR) is 112 cm³/mol. The van der Waals surface area contributed by atoms with Crippen LogP contribution in [0, 0.1) is 5.82 Å². The Bertz CT molecular complexity index is 938. The molecule has 2 heterocycles. The summed E-state index contributed by atoms with van der Waals surface area (Å²) in [5.74, 6) is -0.104. The van der Waals surface area contributed by atoms with Crippen molar-refractivity contribution in [3.8, 4) is 0 Å². The number of amides is 1. The molecule has 10 heteroatoms. The van der Waals surface area contributed by atoms with Crippen LogP contribution in [0.1, 0.15) is 27.7 Å². The van der Waals surface area contributed by atoms with E-state index in [1.165, 1.54) is 0 Å². The second kappa shape index (κ2) is 7.80. The fourth-order valence-corrected chi connectivity index (χ4v) is 3.77. The van der Waals surface area contributed by atoms with Crippen molar-refractivity contribution in [3.63, 3.8) is 0 Å². The molecule has 28 heavy (non-hydrogen) atoms. The molecule has 1 aliphatic heterocycles. The van der Waals surface area contributed by atoms with E-state index in [4.69, 9.17) is 27.9 Å². The first kappa shape index (κ1) is 21.3. The minimum Gasteiger partial charge on any atom is -0.444 e. The lowest BCUT2D eigenvalue weighted by atomic mass is 10.1. The summed E-state index contributed by atoms with van der Waals surface area (Å²) in [5, 5.41) is 0.628. The van der Waals surface area contributed by atoms with E-state index in [0.29, 0.717) is 30.8 Å². The summed E-state index contributed by atoms with van der Waals surface area (Å²) in [6.45, 7) is 8.82. The number of halogens is 4. The third-order valence-electron chi connectivity index (χ3n) is 4.33. The number of ether oxygens (including phenoxy) is 1. The van der Waals surface area contributed by atoms with E-state index in [9.17, 15) is 9.18 Å². The van der Waals surface area contributed by atoms with E-state index in [2.05, 4.69) is 25.9 Å². The van der Waals surface area contributed by atoms with Crippen LogP contribution in [-0.2, 0) is 4.74 Å². The van der Waals surface area contributed by atoms with Crippen LogP contribution >= 0.6 is 39.1 Å². The van der Waals surface area contributed by atoms with Crippen LogP contribution in [0.2, 0.25) is 10.3 Å². The molecule has 0 aliphatic carbocycles. The van der Waals surface area contributed by atoms with Gasteiger partial charge in [-0.25, -0.2) is 14.2 Å². The van der Waals surface area contributed by atoms with Gasteiger partial charge in [-0.15, -0.1) is 0 Å². The zero-order chi connectivity index (χ0) is 20.8. The second-order valence-corrected chi connectivity index (χ2v) is 9.21. The molecule has 3 rings (SSSR count). The lowest BCUT2D eigenvalue weighted by Crippen LogP contribution is -2.55. The number of benzene rings is 1. The minimum atomic E-state index is -0.589. The van der Waals surface area contributed by atoms with Crippen LogP contribution in [0.4, 0.5) is 15.0 Å². The maximum atomic E-state index is 14.6. The number of anilines is 1. The molecule has 1 saturated heterocycles. The average molecular weight is 494 g/mol. The normalized spacial score (nSPS) is 17.9. The van der Waals surface area contributed by atoms with Crippen molar-refractivity contribution in [2.24, 2.45) is 0 Å². The Morgan fingerprint density at radius 1 is 1.32 bits per heavy atom. The summed E-state index contributed by atoms with van der Waals surface area (Å²) in [6.07, 6.45) is -0.358. The van der Waals surface area contributed by atoms with Gasteiger partial charge in [-0.2, -0.15) is 4.98 Å². The summed E-state index contributed by atoms with van der Waals surface area (Å²) < 4.78 is 20.2. The first-order valence-electron chi connectivity index (χ1n) is 8.73. The summed E-state index contributed by atoms with van der Waals surface area (Å²) >= 11 is 15.3. The molecule has 1 amide bonds. The number of hydrogen-bond acceptors (Lipinski definition) is 5. The van der Waals surface area contributed by atoms with E-state index in [0.717, 1.165) is 0 Å². The molecule has 1 aliphatic rings. The van der Waals surface area contributed by atoms with Crippen molar-refractivity contribution in [3.05, 3.63) is 26.7 Å². The van der Waals surface area contributed by atoms with E-state index in [1.54, 1.807) is 11.0 Å². The van der Waals surface area contributed by atoms with Gasteiger partial charge < -0.3 is 14.5 Å². The van der Waals surface area contributed by atoms with Gasteiger partial charge in [-0.1, -0.05) is 11.6 Å². The van der Waals surface area contributed by atoms with Crippen LogP contribution in [0.3, 0.4) is 0 Å². The van der Waals surface area contributed by atoms with E-state index in [1.807, 2.05) is 32.6 Å². The molecule has 0 unspecified atom stereocenters. The molecule has 0 N–H and O–H groups in total. The Morgan fingerprint density at radius 3 is 2.61 bits per heavy atom. The lowest BCUT2D eigenvalue weighted by Gasteiger charge is -2.41. The van der Waals surface area contributed by atoms with E-state index >= 15 is 0 Å². The van der Waals surface area contributed by atoms with Crippen LogP contribution in [0.15, 0.2) is 10.5 Å². The summed E-state index contributed by atoms with van der Waals surface area (Å²) in [6, 6.07) is 1.48. The number of hydrogen-bond donors (Lipinski definition) is 0. The number of rotatable bonds is 1. The maximum Gasteiger partial charge on any atom is 0.410 e. The molecule has 2 aromatic rings. The zero-order valence-corrected chi connectivity index (χ0v) is 19.0. The van der Waals surface area contributed by atoms with Gasteiger partial charge in [-0.05, 0) is 61.3 Å². The largest absolute Gasteiger partial charge is 0.444 e. The zero-order valence-electron chi connectivity index (χ0n) is 15.9. The Morgan fingerprint density at radius 2 is 2.00 bits per heavy atom. The Labute approximate surface area is 181 Å². The summed E-state index contributed by atoms with van der Waals surface area (Å²) in [4.78, 5) is 24.4. The maximum absolute atomic E-state index is 14.6. The van der Waals surface area contributed by atoms with Gasteiger partial charge in [0.1, 0.15) is 16.9 Å². The molecule has 0 bridgehead atoms. The lowest BCUT2D eigenvalue weighted by molar-refractivity contribution is 0.0159. The van der Waals surface area contributed by atoms with Gasteiger partial charge in [0.2, 0.25) is 5.28 Å². The highest BCUT2D eigenvalue weighted by Gasteiger charge is 2.32. The third kappa shape index (κ3) is 4.28. The molecular formula is C18H20BrCl2FN4O2. The molecular weight excluding hydrogens is 474 g/mol. The second-order valence-electron chi connectivity index (χ2n) is 7.67. The number of carbonyl (C=O) groups is 1. The molecule has 0 radical (unpaired) electrons. The first-order valence-corrected chi connectivity index (χ1v) is 10.3. The topological polar surface area (TPSA) is 58.6 Å². The standard InChI is InChI=1S/C18H20BrCl2FN4O2/c1-9-8-25(5-6-26(9)17(27)28-18(2,3)4)15-10-7-11(20)12(19)13(22)14(10)23-16(21)24-15/h7,9H,5-6,8H2,1-4H3/t9-/m0/s1. The van der Waals surface area contributed by atoms with Gasteiger partial charge in [0.15, 0.2) is 5.82 Å². The van der Waals surface area contributed by atoms with Crippen molar-refractivity contribution in [2.45, 2.75) is 39.3 Å². The molecule has 6 nitrogen and oxygen atoms in total. The van der Waals surface area contributed by atoms with E-state index < -0.39 is 11.4 Å². The quantitative estimate of drug-likeness (QED) is 0.399. The number of nitrogens with zero attached hydrogens (tertiary/aromatic N) is 4. The van der Waals surface area contributed by atoms with E-state index in [-0.39, 0.29) is 32.4 Å². The third-order valence-corrected chi connectivity index (χ3v) is 5.81. The highest BCUT2D eigenvalue weighted by molar-refractivity contribution is 9.10. The van der Waals surface area contributed by atoms with Crippen LogP contribution in [-0.4, -0.2) is 52.2 Å². The van der Waals surface area contributed by atoms with Gasteiger partial charge in [0.05, 0.1) is 9.50 Å². The van der Waals surface area contributed by atoms with Crippen LogP contribution in [0.25, 0.3) is 10.9 Å². The van der Waals surface area contributed by atoms with Gasteiger partial charge in [0.25, 0.3) is 0 Å². The van der Waals surface area contributed by atoms with Crippen molar-refractivity contribution in [1.82, 2.24) is 14.9 Å². The number of fused-ring (bicyclic) bond motifs is 1. The van der Waals surface area contributed by atoms with Crippen molar-refractivity contribution < 1.29 is 13.9 Å². The van der Waals surface area contributed by atoms with Crippen molar-refractivity contribution >= 4 is 61.9 Å². The Kier molecular flexibility index (Phi) is 5.94. The van der Waals surface area contributed by atoms with Gasteiger partial charge in [0, 0.05) is 31.1 Å².